The molecule has 0 atom stereocenters. The number of hydrogen-bond acceptors (Lipinski definition) is 4. The maximum atomic E-state index is 12.4. The first-order valence-corrected chi connectivity index (χ1v) is 8.49. The third-order valence-electron chi connectivity index (χ3n) is 4.02. The van der Waals surface area contributed by atoms with Crippen LogP contribution in [0.1, 0.15) is 28.5 Å². The summed E-state index contributed by atoms with van der Waals surface area (Å²) in [6, 6.07) is 16.6. The van der Waals surface area contributed by atoms with Crippen molar-refractivity contribution in [2.45, 2.75) is 20.3 Å². The van der Waals surface area contributed by atoms with E-state index in [4.69, 9.17) is 4.74 Å². The van der Waals surface area contributed by atoms with Gasteiger partial charge in [-0.25, -0.2) is 4.79 Å². The van der Waals surface area contributed by atoms with E-state index in [-0.39, 0.29) is 12.5 Å². The zero-order valence-corrected chi connectivity index (χ0v) is 14.8. The summed E-state index contributed by atoms with van der Waals surface area (Å²) in [5.74, 6) is -0.911. The summed E-state index contributed by atoms with van der Waals surface area (Å²) in [5.41, 5.74) is 3.67. The van der Waals surface area contributed by atoms with E-state index in [2.05, 4.69) is 10.3 Å². The molecule has 0 fully saturated rings. The van der Waals surface area contributed by atoms with Gasteiger partial charge in [0.1, 0.15) is 0 Å². The number of para-hydroxylation sites is 1. The number of nitrogens with zero attached hydrogens (tertiary/aromatic N) is 1. The Labute approximate surface area is 152 Å². The Hall–Kier alpha value is -3.21. The van der Waals surface area contributed by atoms with Gasteiger partial charge in [0, 0.05) is 16.8 Å². The molecule has 132 valence electrons. The third kappa shape index (κ3) is 4.06. The van der Waals surface area contributed by atoms with Gasteiger partial charge >= 0.3 is 5.97 Å². The molecule has 0 bridgehead atoms. The number of esters is 1. The maximum Gasteiger partial charge on any atom is 0.339 e. The summed E-state index contributed by atoms with van der Waals surface area (Å²) >= 11 is 0. The number of ether oxygens (including phenoxy) is 1. The normalized spacial score (nSPS) is 10.5. The average Bonchev–Trinajstić information content (AvgIpc) is 2.65. The second-order valence-electron chi connectivity index (χ2n) is 6.01. The Morgan fingerprint density at radius 2 is 1.88 bits per heavy atom. The molecule has 5 nitrogen and oxygen atoms in total. The summed E-state index contributed by atoms with van der Waals surface area (Å²) in [6.07, 6.45) is 0.882. The van der Waals surface area contributed by atoms with Crippen LogP contribution < -0.4 is 5.32 Å². The fourth-order valence-electron chi connectivity index (χ4n) is 2.75. The van der Waals surface area contributed by atoms with E-state index in [0.717, 1.165) is 23.2 Å². The van der Waals surface area contributed by atoms with Crippen LogP contribution >= 0.6 is 0 Å². The predicted octanol–water partition coefficient (Wildman–Crippen LogP) is 3.90. The number of aromatic nitrogens is 1. The predicted molar refractivity (Wildman–Crippen MR) is 101 cm³/mol. The summed E-state index contributed by atoms with van der Waals surface area (Å²) in [6.45, 7) is 3.52. The highest BCUT2D eigenvalue weighted by Gasteiger charge is 2.15. The van der Waals surface area contributed by atoms with Crippen LogP contribution in [-0.2, 0) is 16.0 Å². The molecule has 1 aromatic heterocycles. The number of anilines is 1. The standard InChI is InChI=1S/C21H20N2O3/c1-3-15-7-6-8-16(12-15)23-20(24)13-26-21(25)18-11-14(2)22-19-10-5-4-9-17(18)19/h4-12H,3,13H2,1-2H3,(H,23,24). The molecule has 2 aromatic carbocycles. The molecule has 0 aliphatic carbocycles. The van der Waals surface area contributed by atoms with Crippen LogP contribution in [0, 0.1) is 6.92 Å². The molecular weight excluding hydrogens is 328 g/mol. The lowest BCUT2D eigenvalue weighted by atomic mass is 10.1. The van der Waals surface area contributed by atoms with Gasteiger partial charge in [0.2, 0.25) is 0 Å². The monoisotopic (exact) mass is 348 g/mol. The highest BCUT2D eigenvalue weighted by atomic mass is 16.5. The first-order valence-electron chi connectivity index (χ1n) is 8.49. The van der Waals surface area contributed by atoms with E-state index in [1.54, 1.807) is 12.1 Å². The van der Waals surface area contributed by atoms with Gasteiger partial charge in [-0.3, -0.25) is 9.78 Å². The highest BCUT2D eigenvalue weighted by Crippen LogP contribution is 2.19. The topological polar surface area (TPSA) is 68.3 Å². The van der Waals surface area contributed by atoms with Crippen molar-refractivity contribution in [2.75, 3.05) is 11.9 Å². The zero-order chi connectivity index (χ0) is 18.5. The van der Waals surface area contributed by atoms with Crippen LogP contribution in [0.15, 0.2) is 54.6 Å². The maximum absolute atomic E-state index is 12.4. The van der Waals surface area contributed by atoms with Crippen molar-refractivity contribution in [3.05, 3.63) is 71.4 Å². The van der Waals surface area contributed by atoms with Gasteiger partial charge < -0.3 is 10.1 Å². The summed E-state index contributed by atoms with van der Waals surface area (Å²) in [4.78, 5) is 28.9. The van der Waals surface area contributed by atoms with Gasteiger partial charge in [-0.05, 0) is 43.2 Å². The number of rotatable bonds is 5. The van der Waals surface area contributed by atoms with Gasteiger partial charge in [-0.15, -0.1) is 0 Å². The lowest BCUT2D eigenvalue weighted by molar-refractivity contribution is -0.119. The number of carbonyl (C=O) groups is 2. The van der Waals surface area contributed by atoms with E-state index in [9.17, 15) is 9.59 Å². The molecule has 5 heteroatoms. The molecule has 1 N–H and O–H groups in total. The second-order valence-corrected chi connectivity index (χ2v) is 6.01. The molecule has 0 unspecified atom stereocenters. The minimum Gasteiger partial charge on any atom is -0.452 e. The Kier molecular flexibility index (Phi) is 5.27. The first kappa shape index (κ1) is 17.6. The molecule has 0 aliphatic rings. The van der Waals surface area contributed by atoms with Crippen LogP contribution in [0.3, 0.4) is 0 Å². The van der Waals surface area contributed by atoms with Crippen molar-refractivity contribution < 1.29 is 14.3 Å². The largest absolute Gasteiger partial charge is 0.452 e. The van der Waals surface area contributed by atoms with Crippen LogP contribution in [0.2, 0.25) is 0 Å². The highest BCUT2D eigenvalue weighted by molar-refractivity contribution is 6.04. The molecule has 0 spiro atoms. The van der Waals surface area contributed by atoms with Crippen LogP contribution in [0.25, 0.3) is 10.9 Å². The molecule has 26 heavy (non-hydrogen) atoms. The number of fused-ring (bicyclic) bond motifs is 1. The van der Waals surface area contributed by atoms with Gasteiger partial charge in [0.15, 0.2) is 6.61 Å². The fourth-order valence-corrected chi connectivity index (χ4v) is 2.75. The van der Waals surface area contributed by atoms with Gasteiger partial charge in [-0.2, -0.15) is 0 Å². The van der Waals surface area contributed by atoms with Crippen LogP contribution in [0.4, 0.5) is 5.69 Å². The Morgan fingerprint density at radius 3 is 2.69 bits per heavy atom. The molecule has 0 saturated heterocycles. The van der Waals surface area contributed by atoms with Gasteiger partial charge in [0.25, 0.3) is 5.91 Å². The van der Waals surface area contributed by atoms with E-state index in [1.807, 2.05) is 56.3 Å². The van der Waals surface area contributed by atoms with Crippen molar-refractivity contribution >= 4 is 28.5 Å². The van der Waals surface area contributed by atoms with E-state index in [1.165, 1.54) is 0 Å². The minimum absolute atomic E-state index is 0.342. The smallest absolute Gasteiger partial charge is 0.339 e. The zero-order valence-electron chi connectivity index (χ0n) is 14.8. The average molecular weight is 348 g/mol. The molecule has 0 saturated carbocycles. The van der Waals surface area contributed by atoms with Crippen molar-refractivity contribution in [1.29, 1.82) is 0 Å². The third-order valence-corrected chi connectivity index (χ3v) is 4.02. The number of pyridine rings is 1. The first-order chi connectivity index (χ1) is 12.6. The molecule has 3 aromatic rings. The van der Waals surface area contributed by atoms with Crippen molar-refractivity contribution in [2.24, 2.45) is 0 Å². The van der Waals surface area contributed by atoms with E-state index >= 15 is 0 Å². The molecule has 3 rings (SSSR count). The fraction of sp³-hybridized carbons (Fsp3) is 0.190. The van der Waals surface area contributed by atoms with Crippen LogP contribution in [-0.4, -0.2) is 23.5 Å². The van der Waals surface area contributed by atoms with Gasteiger partial charge in [-0.1, -0.05) is 37.3 Å². The van der Waals surface area contributed by atoms with Crippen molar-refractivity contribution in [1.82, 2.24) is 4.98 Å². The molecular formula is C21H20N2O3. The minimum atomic E-state index is -0.538. The quantitative estimate of drug-likeness (QED) is 0.710. The summed E-state index contributed by atoms with van der Waals surface area (Å²) < 4.78 is 5.20. The Morgan fingerprint density at radius 1 is 1.08 bits per heavy atom. The second kappa shape index (κ2) is 7.78. The van der Waals surface area contributed by atoms with Crippen molar-refractivity contribution in [3.8, 4) is 0 Å². The lowest BCUT2D eigenvalue weighted by Gasteiger charge is -2.09. The van der Waals surface area contributed by atoms with E-state index in [0.29, 0.717) is 16.6 Å². The Bertz CT molecular complexity index is 966. The Balaban J connectivity index is 1.68. The number of aryl methyl sites for hydroxylation is 2. The number of hydrogen-bond donors (Lipinski definition) is 1. The summed E-state index contributed by atoms with van der Waals surface area (Å²) in [7, 11) is 0. The lowest BCUT2D eigenvalue weighted by Crippen LogP contribution is -2.21. The number of amides is 1. The van der Waals surface area contributed by atoms with Crippen molar-refractivity contribution in [3.63, 3.8) is 0 Å². The number of nitrogens with one attached hydrogen (secondary N) is 1. The number of carbonyl (C=O) groups excluding carboxylic acids is 2. The number of benzene rings is 2. The SMILES string of the molecule is CCc1cccc(NC(=O)COC(=O)c2cc(C)nc3ccccc23)c1. The summed E-state index contributed by atoms with van der Waals surface area (Å²) in [5, 5.41) is 3.45. The molecule has 1 heterocycles. The van der Waals surface area contributed by atoms with Crippen LogP contribution in [0.5, 0.6) is 0 Å². The molecule has 0 aliphatic heterocycles. The van der Waals surface area contributed by atoms with Gasteiger partial charge in [0.05, 0.1) is 11.1 Å². The molecule has 0 radical (unpaired) electrons. The molecule has 1 amide bonds. The van der Waals surface area contributed by atoms with E-state index < -0.39 is 5.97 Å².